The highest BCUT2D eigenvalue weighted by molar-refractivity contribution is 5.73. The standard InChI is InChI=1S/C19H29N5O/c1-15-21-18(20-9-8-17-6-4-3-5-7-17)14-19(22-15)24-12-10-23(11-13-24)16(2)25/h6,14H,3-5,7-13H2,1-2H3,(H,20,21,22). The summed E-state index contributed by atoms with van der Waals surface area (Å²) in [7, 11) is 0. The van der Waals surface area contributed by atoms with Gasteiger partial charge in [0.05, 0.1) is 0 Å². The number of hydrogen-bond donors (Lipinski definition) is 1. The Kier molecular flexibility index (Phi) is 5.89. The molecule has 1 saturated heterocycles. The number of aryl methyl sites for hydroxylation is 1. The van der Waals surface area contributed by atoms with Crippen molar-refractivity contribution in [2.45, 2.75) is 46.0 Å². The van der Waals surface area contributed by atoms with Crippen LogP contribution in [-0.2, 0) is 4.79 Å². The second-order valence-electron chi connectivity index (χ2n) is 6.94. The van der Waals surface area contributed by atoms with Crippen molar-refractivity contribution in [2.24, 2.45) is 0 Å². The lowest BCUT2D eigenvalue weighted by atomic mass is 9.97. The number of aromatic nitrogens is 2. The first kappa shape index (κ1) is 17.7. The summed E-state index contributed by atoms with van der Waals surface area (Å²) in [6.45, 7) is 7.65. The van der Waals surface area contributed by atoms with Crippen molar-refractivity contribution in [1.82, 2.24) is 14.9 Å². The third-order valence-electron chi connectivity index (χ3n) is 5.01. The maximum absolute atomic E-state index is 11.5. The third-order valence-corrected chi connectivity index (χ3v) is 5.01. The van der Waals surface area contributed by atoms with E-state index in [4.69, 9.17) is 0 Å². The average molecular weight is 343 g/mol. The minimum Gasteiger partial charge on any atom is -0.370 e. The number of allylic oxidation sites excluding steroid dienone is 1. The predicted octanol–water partition coefficient (Wildman–Crippen LogP) is 2.76. The summed E-state index contributed by atoms with van der Waals surface area (Å²) in [5.41, 5.74) is 1.57. The number of amides is 1. The van der Waals surface area contributed by atoms with Crippen LogP contribution in [0.5, 0.6) is 0 Å². The molecule has 0 saturated carbocycles. The summed E-state index contributed by atoms with van der Waals surface area (Å²) in [5.74, 6) is 2.78. The highest BCUT2D eigenvalue weighted by Crippen LogP contribution is 2.21. The fourth-order valence-corrected chi connectivity index (χ4v) is 3.54. The molecule has 1 N–H and O–H groups in total. The van der Waals surface area contributed by atoms with Crippen molar-refractivity contribution in [3.63, 3.8) is 0 Å². The maximum Gasteiger partial charge on any atom is 0.219 e. The summed E-state index contributed by atoms with van der Waals surface area (Å²) in [5, 5.41) is 3.46. The molecule has 0 radical (unpaired) electrons. The predicted molar refractivity (Wildman–Crippen MR) is 101 cm³/mol. The first-order valence-electron chi connectivity index (χ1n) is 9.40. The van der Waals surface area contributed by atoms with E-state index in [0.717, 1.165) is 56.6 Å². The molecule has 136 valence electrons. The largest absolute Gasteiger partial charge is 0.370 e. The molecular formula is C19H29N5O. The van der Waals surface area contributed by atoms with Crippen LogP contribution in [0.3, 0.4) is 0 Å². The SMILES string of the molecule is CC(=O)N1CCN(c2cc(NCCC3=CCCCC3)nc(C)n2)CC1. The van der Waals surface area contributed by atoms with Gasteiger partial charge in [-0.25, -0.2) is 9.97 Å². The lowest BCUT2D eigenvalue weighted by molar-refractivity contribution is -0.129. The molecule has 0 bridgehead atoms. The highest BCUT2D eigenvalue weighted by atomic mass is 16.2. The molecule has 2 heterocycles. The van der Waals surface area contributed by atoms with E-state index in [1.807, 2.05) is 17.9 Å². The molecule has 3 rings (SSSR count). The molecule has 0 spiro atoms. The van der Waals surface area contributed by atoms with Gasteiger partial charge in [-0.15, -0.1) is 0 Å². The van der Waals surface area contributed by atoms with Crippen molar-refractivity contribution in [3.05, 3.63) is 23.5 Å². The fourth-order valence-electron chi connectivity index (χ4n) is 3.54. The molecule has 0 aromatic carbocycles. The van der Waals surface area contributed by atoms with Gasteiger partial charge >= 0.3 is 0 Å². The Morgan fingerprint density at radius 1 is 1.20 bits per heavy atom. The quantitative estimate of drug-likeness (QED) is 0.833. The second-order valence-corrected chi connectivity index (χ2v) is 6.94. The molecule has 2 aliphatic rings. The number of piperazine rings is 1. The molecule has 6 heteroatoms. The van der Waals surface area contributed by atoms with Gasteiger partial charge < -0.3 is 15.1 Å². The van der Waals surface area contributed by atoms with Gasteiger partial charge in [-0.3, -0.25) is 4.79 Å². The molecule has 6 nitrogen and oxygen atoms in total. The zero-order valence-electron chi connectivity index (χ0n) is 15.4. The second kappa shape index (κ2) is 8.32. The Labute approximate surface area is 150 Å². The molecule has 1 aromatic heterocycles. The minimum absolute atomic E-state index is 0.151. The van der Waals surface area contributed by atoms with Crippen molar-refractivity contribution < 1.29 is 4.79 Å². The van der Waals surface area contributed by atoms with Gasteiger partial charge in [0.1, 0.15) is 17.5 Å². The first-order chi connectivity index (χ1) is 12.1. The lowest BCUT2D eigenvalue weighted by Crippen LogP contribution is -2.48. The van der Waals surface area contributed by atoms with Crippen LogP contribution in [0.25, 0.3) is 0 Å². The molecular weight excluding hydrogens is 314 g/mol. The van der Waals surface area contributed by atoms with Gasteiger partial charge in [0.15, 0.2) is 0 Å². The van der Waals surface area contributed by atoms with E-state index in [0.29, 0.717) is 0 Å². The van der Waals surface area contributed by atoms with E-state index in [1.165, 1.54) is 25.7 Å². The summed E-state index contributed by atoms with van der Waals surface area (Å²) < 4.78 is 0. The van der Waals surface area contributed by atoms with Gasteiger partial charge in [0.25, 0.3) is 0 Å². The molecule has 1 aromatic rings. The highest BCUT2D eigenvalue weighted by Gasteiger charge is 2.20. The van der Waals surface area contributed by atoms with Crippen LogP contribution < -0.4 is 10.2 Å². The molecule has 0 unspecified atom stereocenters. The van der Waals surface area contributed by atoms with Crippen LogP contribution in [-0.4, -0.2) is 53.5 Å². The summed E-state index contributed by atoms with van der Waals surface area (Å²) in [4.78, 5) is 24.7. The maximum atomic E-state index is 11.5. The van der Waals surface area contributed by atoms with Crippen molar-refractivity contribution in [1.29, 1.82) is 0 Å². The zero-order chi connectivity index (χ0) is 17.6. The van der Waals surface area contributed by atoms with E-state index in [-0.39, 0.29) is 5.91 Å². The molecule has 1 aliphatic carbocycles. The van der Waals surface area contributed by atoms with Crippen LogP contribution in [0.15, 0.2) is 17.7 Å². The smallest absolute Gasteiger partial charge is 0.219 e. The Bertz CT molecular complexity index is 635. The number of nitrogens with zero attached hydrogens (tertiary/aromatic N) is 4. The average Bonchev–Trinajstić information content (AvgIpc) is 2.62. The van der Waals surface area contributed by atoms with Gasteiger partial charge in [0, 0.05) is 45.7 Å². The number of rotatable bonds is 5. The topological polar surface area (TPSA) is 61.4 Å². The molecule has 1 amide bonds. The Balaban J connectivity index is 1.57. The Morgan fingerprint density at radius 2 is 2.00 bits per heavy atom. The lowest BCUT2D eigenvalue weighted by Gasteiger charge is -2.35. The van der Waals surface area contributed by atoms with Gasteiger partial charge in [-0.1, -0.05) is 11.6 Å². The summed E-state index contributed by atoms with van der Waals surface area (Å²) in [6.07, 6.45) is 8.64. The van der Waals surface area contributed by atoms with Gasteiger partial charge in [0.2, 0.25) is 5.91 Å². The summed E-state index contributed by atoms with van der Waals surface area (Å²) >= 11 is 0. The molecule has 1 aliphatic heterocycles. The number of carbonyl (C=O) groups excluding carboxylic acids is 1. The van der Waals surface area contributed by atoms with Crippen LogP contribution in [0, 0.1) is 6.92 Å². The Morgan fingerprint density at radius 3 is 2.68 bits per heavy atom. The van der Waals surface area contributed by atoms with Crippen molar-refractivity contribution >= 4 is 17.5 Å². The zero-order valence-corrected chi connectivity index (χ0v) is 15.4. The normalized spacial score (nSPS) is 18.1. The van der Waals surface area contributed by atoms with Crippen LogP contribution in [0.4, 0.5) is 11.6 Å². The monoisotopic (exact) mass is 343 g/mol. The van der Waals surface area contributed by atoms with Crippen molar-refractivity contribution in [2.75, 3.05) is 42.9 Å². The molecule has 0 atom stereocenters. The Hall–Kier alpha value is -2.11. The number of anilines is 2. The van der Waals surface area contributed by atoms with Gasteiger partial charge in [-0.2, -0.15) is 0 Å². The van der Waals surface area contributed by atoms with E-state index >= 15 is 0 Å². The van der Waals surface area contributed by atoms with Crippen LogP contribution >= 0.6 is 0 Å². The summed E-state index contributed by atoms with van der Waals surface area (Å²) in [6, 6.07) is 2.03. The van der Waals surface area contributed by atoms with E-state index in [1.54, 1.807) is 12.5 Å². The molecule has 1 fully saturated rings. The number of hydrogen-bond acceptors (Lipinski definition) is 5. The van der Waals surface area contributed by atoms with Crippen LogP contribution in [0.1, 0.15) is 44.9 Å². The fraction of sp³-hybridized carbons (Fsp3) is 0.632. The van der Waals surface area contributed by atoms with E-state index < -0.39 is 0 Å². The minimum atomic E-state index is 0.151. The number of nitrogens with one attached hydrogen (secondary N) is 1. The van der Waals surface area contributed by atoms with E-state index in [9.17, 15) is 4.79 Å². The van der Waals surface area contributed by atoms with Crippen LogP contribution in [0.2, 0.25) is 0 Å². The van der Waals surface area contributed by atoms with Crippen molar-refractivity contribution in [3.8, 4) is 0 Å². The number of carbonyl (C=O) groups is 1. The first-order valence-corrected chi connectivity index (χ1v) is 9.40. The van der Waals surface area contributed by atoms with E-state index in [2.05, 4.69) is 26.3 Å². The third kappa shape index (κ3) is 4.94. The van der Waals surface area contributed by atoms with Gasteiger partial charge in [-0.05, 0) is 39.0 Å². The molecule has 25 heavy (non-hydrogen) atoms.